The molecule has 0 aliphatic rings. The van der Waals surface area contributed by atoms with Crippen LogP contribution in [0.15, 0.2) is 42.7 Å². The van der Waals surface area contributed by atoms with Gasteiger partial charge in [0, 0.05) is 18.8 Å². The first-order valence-corrected chi connectivity index (χ1v) is 8.54. The van der Waals surface area contributed by atoms with Crippen LogP contribution in [0.4, 0.5) is 0 Å². The summed E-state index contributed by atoms with van der Waals surface area (Å²) in [5, 5.41) is 7.25. The van der Waals surface area contributed by atoms with Crippen LogP contribution in [0.2, 0.25) is 0 Å². The van der Waals surface area contributed by atoms with Crippen LogP contribution in [0.1, 0.15) is 31.4 Å². The molecule has 0 radical (unpaired) electrons. The van der Waals surface area contributed by atoms with Crippen molar-refractivity contribution in [1.82, 2.24) is 30.0 Å². The van der Waals surface area contributed by atoms with Crippen LogP contribution in [-0.2, 0) is 0 Å². The SMILES string of the molecule is COc1ccc(-n2nc(C(=O)NCC(C)(C)C)nc2-c2ccccn2)cn1. The van der Waals surface area contributed by atoms with E-state index in [4.69, 9.17) is 4.74 Å². The van der Waals surface area contributed by atoms with Gasteiger partial charge in [0.05, 0.1) is 19.0 Å². The van der Waals surface area contributed by atoms with Gasteiger partial charge in [-0.3, -0.25) is 9.78 Å². The zero-order valence-corrected chi connectivity index (χ0v) is 15.8. The summed E-state index contributed by atoms with van der Waals surface area (Å²) in [7, 11) is 1.55. The van der Waals surface area contributed by atoms with Crippen molar-refractivity contribution in [3.05, 3.63) is 48.5 Å². The fraction of sp³-hybridized carbons (Fsp3) is 0.316. The van der Waals surface area contributed by atoms with Gasteiger partial charge in [0.2, 0.25) is 11.7 Å². The number of aromatic nitrogens is 5. The Kier molecular flexibility index (Phi) is 5.16. The summed E-state index contributed by atoms with van der Waals surface area (Å²) in [6.45, 7) is 6.65. The number of ether oxygens (including phenoxy) is 1. The molecule has 3 aromatic heterocycles. The maximum absolute atomic E-state index is 12.5. The number of hydrogen-bond donors (Lipinski definition) is 1. The van der Waals surface area contributed by atoms with Gasteiger partial charge < -0.3 is 10.1 Å². The second-order valence-electron chi connectivity index (χ2n) is 7.19. The molecule has 27 heavy (non-hydrogen) atoms. The number of amides is 1. The molecule has 0 unspecified atom stereocenters. The number of methoxy groups -OCH3 is 1. The van der Waals surface area contributed by atoms with Gasteiger partial charge in [-0.25, -0.2) is 14.6 Å². The average Bonchev–Trinajstić information content (AvgIpc) is 3.12. The van der Waals surface area contributed by atoms with Crippen molar-refractivity contribution in [2.75, 3.05) is 13.7 Å². The molecule has 0 fully saturated rings. The second kappa shape index (κ2) is 7.53. The van der Waals surface area contributed by atoms with E-state index < -0.39 is 0 Å². The van der Waals surface area contributed by atoms with Gasteiger partial charge in [0.15, 0.2) is 5.82 Å². The van der Waals surface area contributed by atoms with Crippen LogP contribution in [0.25, 0.3) is 17.2 Å². The minimum absolute atomic E-state index is 0.0397. The van der Waals surface area contributed by atoms with Crippen LogP contribution in [-0.4, -0.2) is 44.3 Å². The fourth-order valence-electron chi connectivity index (χ4n) is 2.29. The highest BCUT2D eigenvalue weighted by molar-refractivity contribution is 5.91. The zero-order chi connectivity index (χ0) is 19.4. The lowest BCUT2D eigenvalue weighted by atomic mass is 9.97. The topological polar surface area (TPSA) is 94.8 Å². The van der Waals surface area contributed by atoms with Crippen LogP contribution < -0.4 is 10.1 Å². The van der Waals surface area contributed by atoms with E-state index in [1.807, 2.05) is 39.0 Å². The fourth-order valence-corrected chi connectivity index (χ4v) is 2.29. The molecule has 0 saturated carbocycles. The third kappa shape index (κ3) is 4.46. The molecule has 140 valence electrons. The Bertz CT molecular complexity index is 914. The molecule has 0 spiro atoms. The predicted octanol–water partition coefficient (Wildman–Crippen LogP) is 2.51. The van der Waals surface area contributed by atoms with Crippen molar-refractivity contribution in [3.63, 3.8) is 0 Å². The molecule has 8 nitrogen and oxygen atoms in total. The quantitative estimate of drug-likeness (QED) is 0.745. The number of carbonyl (C=O) groups is 1. The number of hydrogen-bond acceptors (Lipinski definition) is 6. The molecular formula is C19H22N6O2. The summed E-state index contributed by atoms with van der Waals surface area (Å²) < 4.78 is 6.65. The monoisotopic (exact) mass is 366 g/mol. The molecule has 0 aromatic carbocycles. The predicted molar refractivity (Wildman–Crippen MR) is 101 cm³/mol. The summed E-state index contributed by atoms with van der Waals surface area (Å²) in [5.74, 6) is 0.697. The summed E-state index contributed by atoms with van der Waals surface area (Å²) in [5.41, 5.74) is 1.22. The largest absolute Gasteiger partial charge is 0.481 e. The highest BCUT2D eigenvalue weighted by Crippen LogP contribution is 2.20. The smallest absolute Gasteiger partial charge is 0.291 e. The van der Waals surface area contributed by atoms with Crippen LogP contribution in [0.5, 0.6) is 5.88 Å². The van der Waals surface area contributed by atoms with Gasteiger partial charge >= 0.3 is 0 Å². The number of nitrogens with zero attached hydrogens (tertiary/aromatic N) is 5. The molecule has 1 N–H and O–H groups in total. The molecule has 0 aliphatic heterocycles. The van der Waals surface area contributed by atoms with Crippen molar-refractivity contribution < 1.29 is 9.53 Å². The van der Waals surface area contributed by atoms with Gasteiger partial charge in [-0.1, -0.05) is 26.8 Å². The van der Waals surface area contributed by atoms with Crippen molar-refractivity contribution in [1.29, 1.82) is 0 Å². The van der Waals surface area contributed by atoms with E-state index in [0.29, 0.717) is 29.6 Å². The second-order valence-corrected chi connectivity index (χ2v) is 7.19. The van der Waals surface area contributed by atoms with E-state index in [2.05, 4.69) is 25.4 Å². The Hall–Kier alpha value is -3.29. The summed E-state index contributed by atoms with van der Waals surface area (Å²) in [6.07, 6.45) is 3.27. The molecule has 1 amide bonds. The van der Waals surface area contributed by atoms with Gasteiger partial charge in [-0.2, -0.15) is 0 Å². The van der Waals surface area contributed by atoms with E-state index in [9.17, 15) is 4.79 Å². The van der Waals surface area contributed by atoms with Crippen LogP contribution >= 0.6 is 0 Å². The Morgan fingerprint density at radius 1 is 1.19 bits per heavy atom. The van der Waals surface area contributed by atoms with E-state index in [0.717, 1.165) is 0 Å². The van der Waals surface area contributed by atoms with Crippen LogP contribution in [0.3, 0.4) is 0 Å². The number of pyridine rings is 2. The first kappa shape index (κ1) is 18.5. The molecule has 3 heterocycles. The van der Waals surface area contributed by atoms with E-state index in [-0.39, 0.29) is 17.1 Å². The molecule has 0 atom stereocenters. The van der Waals surface area contributed by atoms with Crippen molar-refractivity contribution in [2.45, 2.75) is 20.8 Å². The normalized spacial score (nSPS) is 11.3. The molecular weight excluding hydrogens is 344 g/mol. The Labute approximate surface area is 157 Å². The lowest BCUT2D eigenvalue weighted by Crippen LogP contribution is -2.32. The Morgan fingerprint density at radius 3 is 2.59 bits per heavy atom. The van der Waals surface area contributed by atoms with E-state index in [1.165, 1.54) is 0 Å². The molecule has 3 rings (SSSR count). The Balaban J connectivity index is 2.00. The standard InChI is InChI=1S/C19H22N6O2/c1-19(2,3)12-22-18(26)16-23-17(14-7-5-6-10-20-14)25(24-16)13-8-9-15(27-4)21-11-13/h5-11H,12H2,1-4H3,(H,22,26). The Morgan fingerprint density at radius 2 is 2.00 bits per heavy atom. The summed E-state index contributed by atoms with van der Waals surface area (Å²) in [4.78, 5) is 25.5. The van der Waals surface area contributed by atoms with E-state index in [1.54, 1.807) is 36.3 Å². The van der Waals surface area contributed by atoms with Crippen molar-refractivity contribution in [3.8, 4) is 23.1 Å². The number of carbonyl (C=O) groups excluding carboxylic acids is 1. The molecule has 0 saturated heterocycles. The average molecular weight is 366 g/mol. The van der Waals surface area contributed by atoms with Gasteiger partial charge in [-0.05, 0) is 23.6 Å². The van der Waals surface area contributed by atoms with Crippen molar-refractivity contribution >= 4 is 5.91 Å². The van der Waals surface area contributed by atoms with Crippen LogP contribution in [0, 0.1) is 5.41 Å². The first-order valence-electron chi connectivity index (χ1n) is 8.54. The minimum Gasteiger partial charge on any atom is -0.481 e. The molecule has 8 heteroatoms. The lowest BCUT2D eigenvalue weighted by Gasteiger charge is -2.17. The molecule has 3 aromatic rings. The molecule has 0 aliphatic carbocycles. The highest BCUT2D eigenvalue weighted by atomic mass is 16.5. The van der Waals surface area contributed by atoms with Gasteiger partial charge in [0.1, 0.15) is 5.69 Å². The first-order chi connectivity index (χ1) is 12.9. The summed E-state index contributed by atoms with van der Waals surface area (Å²) in [6, 6.07) is 9.00. The third-order valence-electron chi connectivity index (χ3n) is 3.66. The van der Waals surface area contributed by atoms with E-state index >= 15 is 0 Å². The molecule has 0 bridgehead atoms. The van der Waals surface area contributed by atoms with Gasteiger partial charge in [-0.15, -0.1) is 5.10 Å². The number of rotatable bonds is 5. The third-order valence-corrected chi connectivity index (χ3v) is 3.66. The lowest BCUT2D eigenvalue weighted by molar-refractivity contribution is 0.0929. The number of nitrogens with one attached hydrogen (secondary N) is 1. The van der Waals surface area contributed by atoms with Gasteiger partial charge in [0.25, 0.3) is 5.91 Å². The highest BCUT2D eigenvalue weighted by Gasteiger charge is 2.21. The maximum Gasteiger partial charge on any atom is 0.291 e. The minimum atomic E-state index is -0.331. The maximum atomic E-state index is 12.5. The zero-order valence-electron chi connectivity index (χ0n) is 15.8. The summed E-state index contributed by atoms with van der Waals surface area (Å²) >= 11 is 0. The van der Waals surface area contributed by atoms with Crippen molar-refractivity contribution in [2.24, 2.45) is 5.41 Å².